The van der Waals surface area contributed by atoms with Gasteiger partial charge in [-0.15, -0.1) is 10.2 Å². The van der Waals surface area contributed by atoms with Crippen LogP contribution >= 0.6 is 0 Å². The average molecular weight is 393 g/mol. The van der Waals surface area contributed by atoms with Crippen LogP contribution in [-0.4, -0.2) is 67.9 Å². The number of piperazine rings is 1. The van der Waals surface area contributed by atoms with Gasteiger partial charge >= 0.3 is 0 Å². The summed E-state index contributed by atoms with van der Waals surface area (Å²) in [4.78, 5) is 5.43. The molecule has 0 bridgehead atoms. The van der Waals surface area contributed by atoms with Gasteiger partial charge in [0.15, 0.2) is 0 Å². The molecule has 3 aromatic rings. The summed E-state index contributed by atoms with van der Waals surface area (Å²) in [6.45, 7) is 7.27. The van der Waals surface area contributed by atoms with Gasteiger partial charge in [0.1, 0.15) is 12.7 Å². The van der Waals surface area contributed by atoms with E-state index >= 15 is 0 Å². The minimum Gasteiger partial charge on any atom is -0.347 e. The number of aromatic nitrogens is 4. The first kappa shape index (κ1) is 18.8. The van der Waals surface area contributed by atoms with E-state index in [-0.39, 0.29) is 0 Å². The number of aryl methyl sites for hydroxylation is 1. The van der Waals surface area contributed by atoms with Crippen LogP contribution in [0.4, 0.5) is 0 Å². The Morgan fingerprint density at radius 3 is 2.45 bits per heavy atom. The number of rotatable bonds is 6. The molecule has 2 aromatic heterocycles. The lowest BCUT2D eigenvalue weighted by molar-refractivity contribution is 0.0779. The Balaban J connectivity index is 1.14. The van der Waals surface area contributed by atoms with E-state index in [9.17, 15) is 0 Å². The van der Waals surface area contributed by atoms with Crippen molar-refractivity contribution in [2.75, 3.05) is 32.7 Å². The molecule has 0 unspecified atom stereocenters. The molecule has 5 rings (SSSR count). The topological polar surface area (TPSA) is 42.1 Å². The van der Waals surface area contributed by atoms with E-state index in [4.69, 9.17) is 0 Å². The monoisotopic (exact) mass is 392 g/mol. The summed E-state index contributed by atoms with van der Waals surface area (Å²) in [5.41, 5.74) is 2.40. The van der Waals surface area contributed by atoms with Gasteiger partial charge in [0.2, 0.25) is 0 Å². The Labute approximate surface area is 173 Å². The summed E-state index contributed by atoms with van der Waals surface area (Å²) in [6.07, 6.45) is 14.1. The molecule has 6 heteroatoms. The number of fused-ring (bicyclic) bond motifs is 1. The van der Waals surface area contributed by atoms with E-state index in [1.54, 1.807) is 12.7 Å². The smallest absolute Gasteiger partial charge is 0.123 e. The summed E-state index contributed by atoms with van der Waals surface area (Å²) < 4.78 is 4.35. The lowest BCUT2D eigenvalue weighted by atomic mass is 9.94. The molecule has 0 radical (unpaired) electrons. The summed E-state index contributed by atoms with van der Waals surface area (Å²) in [6, 6.07) is 9.64. The minimum atomic E-state index is 0.872. The maximum Gasteiger partial charge on any atom is 0.123 e. The fourth-order valence-corrected chi connectivity index (χ4v) is 5.12. The lowest BCUT2D eigenvalue weighted by Crippen LogP contribution is -2.50. The number of benzene rings is 1. The molecule has 0 spiro atoms. The van der Waals surface area contributed by atoms with Crippen LogP contribution in [0, 0.1) is 0 Å². The molecule has 0 N–H and O–H groups in total. The fraction of sp³-hybridized carbons (Fsp3) is 0.565. The van der Waals surface area contributed by atoms with E-state index < -0.39 is 0 Å². The SMILES string of the molecule is c1cc2ccn(CCCN3CCN(C4CCCCC4)CC3)c2cc1-n1cnnc1. The van der Waals surface area contributed by atoms with Crippen molar-refractivity contribution in [3.8, 4) is 5.69 Å². The Morgan fingerprint density at radius 2 is 1.66 bits per heavy atom. The molecule has 1 saturated heterocycles. The number of hydrogen-bond donors (Lipinski definition) is 0. The van der Waals surface area contributed by atoms with E-state index in [2.05, 4.69) is 55.0 Å². The van der Waals surface area contributed by atoms with Crippen LogP contribution in [0.2, 0.25) is 0 Å². The maximum atomic E-state index is 3.92. The second-order valence-corrected chi connectivity index (χ2v) is 8.64. The van der Waals surface area contributed by atoms with Crippen molar-refractivity contribution in [2.45, 2.75) is 51.1 Å². The summed E-state index contributed by atoms with van der Waals surface area (Å²) in [5, 5.41) is 9.14. The Morgan fingerprint density at radius 1 is 0.862 bits per heavy atom. The first-order valence-corrected chi connectivity index (χ1v) is 11.3. The van der Waals surface area contributed by atoms with E-state index in [0.717, 1.165) is 18.3 Å². The van der Waals surface area contributed by atoms with Gasteiger partial charge < -0.3 is 9.47 Å². The van der Waals surface area contributed by atoms with E-state index in [0.29, 0.717) is 0 Å². The lowest BCUT2D eigenvalue weighted by Gasteiger charge is -2.40. The maximum absolute atomic E-state index is 3.92. The van der Waals surface area contributed by atoms with Crippen molar-refractivity contribution in [1.82, 2.24) is 29.1 Å². The zero-order chi connectivity index (χ0) is 19.5. The molecule has 154 valence electrons. The molecule has 0 atom stereocenters. The summed E-state index contributed by atoms with van der Waals surface area (Å²) >= 11 is 0. The largest absolute Gasteiger partial charge is 0.347 e. The van der Waals surface area contributed by atoms with Gasteiger partial charge in [0.05, 0.1) is 11.2 Å². The van der Waals surface area contributed by atoms with Crippen molar-refractivity contribution in [2.24, 2.45) is 0 Å². The molecule has 0 amide bonds. The molecule has 29 heavy (non-hydrogen) atoms. The predicted molar refractivity (Wildman–Crippen MR) is 116 cm³/mol. The van der Waals surface area contributed by atoms with Gasteiger partial charge in [-0.1, -0.05) is 25.3 Å². The minimum absolute atomic E-state index is 0.872. The zero-order valence-corrected chi connectivity index (χ0v) is 17.3. The summed E-state index contributed by atoms with van der Waals surface area (Å²) in [7, 11) is 0. The van der Waals surface area contributed by atoms with Crippen LogP contribution in [0.25, 0.3) is 16.6 Å². The molecule has 1 saturated carbocycles. The molecule has 2 aliphatic rings. The number of nitrogens with zero attached hydrogens (tertiary/aromatic N) is 6. The molecule has 1 aliphatic carbocycles. The molecular weight excluding hydrogens is 360 g/mol. The van der Waals surface area contributed by atoms with Crippen molar-refractivity contribution >= 4 is 10.9 Å². The molecular formula is C23H32N6. The van der Waals surface area contributed by atoms with Gasteiger partial charge in [0, 0.05) is 45.0 Å². The van der Waals surface area contributed by atoms with Crippen LogP contribution in [-0.2, 0) is 6.54 Å². The predicted octanol–water partition coefficient (Wildman–Crippen LogP) is 3.56. The molecule has 6 nitrogen and oxygen atoms in total. The highest BCUT2D eigenvalue weighted by Gasteiger charge is 2.24. The third-order valence-electron chi connectivity index (χ3n) is 6.85. The Bertz CT molecular complexity index is 901. The Kier molecular flexibility index (Phi) is 5.63. The standard InChI is InChI=1S/C23H32N6/c1-2-5-21(6-3-1)27-15-13-26(14-16-27)10-4-11-28-12-9-20-7-8-22(17-23(20)28)29-18-24-25-19-29/h7-9,12,17-19,21H,1-6,10-11,13-16H2. The quantitative estimate of drug-likeness (QED) is 0.643. The molecule has 1 aromatic carbocycles. The van der Waals surface area contributed by atoms with Crippen molar-refractivity contribution in [3.63, 3.8) is 0 Å². The van der Waals surface area contributed by atoms with Crippen LogP contribution in [0.15, 0.2) is 43.1 Å². The second kappa shape index (κ2) is 8.67. The van der Waals surface area contributed by atoms with Gasteiger partial charge in [-0.25, -0.2) is 0 Å². The normalized spacial score (nSPS) is 19.9. The molecule has 3 heterocycles. The highest BCUT2D eigenvalue weighted by Crippen LogP contribution is 2.24. The van der Waals surface area contributed by atoms with Crippen LogP contribution in [0.1, 0.15) is 38.5 Å². The van der Waals surface area contributed by atoms with Gasteiger partial charge in [0.25, 0.3) is 0 Å². The van der Waals surface area contributed by atoms with Crippen LogP contribution < -0.4 is 0 Å². The summed E-state index contributed by atoms with van der Waals surface area (Å²) in [5.74, 6) is 0. The van der Waals surface area contributed by atoms with Crippen LogP contribution in [0.3, 0.4) is 0 Å². The fourth-order valence-electron chi connectivity index (χ4n) is 5.12. The van der Waals surface area contributed by atoms with Gasteiger partial charge in [-0.3, -0.25) is 9.47 Å². The molecule has 2 fully saturated rings. The van der Waals surface area contributed by atoms with Gasteiger partial charge in [-0.2, -0.15) is 0 Å². The third-order valence-corrected chi connectivity index (χ3v) is 6.85. The van der Waals surface area contributed by atoms with Crippen molar-refractivity contribution in [1.29, 1.82) is 0 Å². The van der Waals surface area contributed by atoms with E-state index in [1.807, 2.05) is 4.57 Å². The van der Waals surface area contributed by atoms with E-state index in [1.165, 1.54) is 82.2 Å². The average Bonchev–Trinajstić information content (AvgIpc) is 3.45. The molecule has 1 aliphatic heterocycles. The van der Waals surface area contributed by atoms with Crippen LogP contribution in [0.5, 0.6) is 0 Å². The Hall–Kier alpha value is -2.18. The number of hydrogen-bond acceptors (Lipinski definition) is 4. The van der Waals surface area contributed by atoms with Crippen molar-refractivity contribution in [3.05, 3.63) is 43.1 Å². The second-order valence-electron chi connectivity index (χ2n) is 8.64. The first-order chi connectivity index (χ1) is 14.4. The third kappa shape index (κ3) is 4.23. The highest BCUT2D eigenvalue weighted by atomic mass is 15.3. The first-order valence-electron chi connectivity index (χ1n) is 11.3. The van der Waals surface area contributed by atoms with Crippen molar-refractivity contribution < 1.29 is 0 Å². The zero-order valence-electron chi connectivity index (χ0n) is 17.3. The highest BCUT2D eigenvalue weighted by molar-refractivity contribution is 5.82. The van der Waals surface area contributed by atoms with Gasteiger partial charge in [-0.05, 0) is 49.4 Å².